The molecule has 0 amide bonds. The van der Waals surface area contributed by atoms with Crippen molar-refractivity contribution in [1.82, 2.24) is 0 Å². The number of Topliss-reactive ketones (excluding diaryl/α,β-unsaturated/α-hetero) is 2. The van der Waals surface area contributed by atoms with Gasteiger partial charge in [-0.15, -0.1) is 0 Å². The monoisotopic (exact) mass is 388 g/mol. The Kier molecular flexibility index (Phi) is 4.99. The molecular formula is C24H36O4. The Hall–Kier alpha value is -1.19. The van der Waals surface area contributed by atoms with Gasteiger partial charge in [0, 0.05) is 17.8 Å². The molecule has 0 aromatic rings. The highest BCUT2D eigenvalue weighted by Gasteiger charge is 2.67. The summed E-state index contributed by atoms with van der Waals surface area (Å²) in [4.78, 5) is 38.2. The summed E-state index contributed by atoms with van der Waals surface area (Å²) in [6.45, 7) is 6.45. The summed E-state index contributed by atoms with van der Waals surface area (Å²) in [6.07, 6.45) is 9.81. The highest BCUT2D eigenvalue weighted by molar-refractivity contribution is 6.41. The number of carbonyl (C=O) groups is 3. The van der Waals surface area contributed by atoms with Gasteiger partial charge in [-0.05, 0) is 80.0 Å². The van der Waals surface area contributed by atoms with Gasteiger partial charge in [-0.2, -0.15) is 0 Å². The van der Waals surface area contributed by atoms with Gasteiger partial charge in [0.2, 0.25) is 11.6 Å². The van der Waals surface area contributed by atoms with Gasteiger partial charge in [-0.3, -0.25) is 14.4 Å². The summed E-state index contributed by atoms with van der Waals surface area (Å²) >= 11 is 0. The fourth-order valence-electron chi connectivity index (χ4n) is 8.35. The Morgan fingerprint density at radius 3 is 2.57 bits per heavy atom. The average Bonchev–Trinajstić information content (AvgIpc) is 3.01. The van der Waals surface area contributed by atoms with E-state index in [0.29, 0.717) is 24.2 Å². The summed E-state index contributed by atoms with van der Waals surface area (Å²) in [7, 11) is 0. The molecule has 0 aromatic carbocycles. The molecule has 4 saturated carbocycles. The van der Waals surface area contributed by atoms with Crippen LogP contribution in [0, 0.1) is 46.3 Å². The lowest BCUT2D eigenvalue weighted by molar-refractivity contribution is -0.170. The van der Waals surface area contributed by atoms with Crippen molar-refractivity contribution >= 4 is 17.5 Å². The van der Waals surface area contributed by atoms with Crippen LogP contribution in [0.3, 0.4) is 0 Å². The SMILES string of the molecule is C[C@H](CCC(=O)O)[C@H]1CC[C@H]2[C@@H]3CCC4CCCC[C@]4(C)[C@H]3C(=O)C(=O)[C@]12C. The second-order valence-electron chi connectivity index (χ2n) is 10.8. The van der Waals surface area contributed by atoms with E-state index in [1.54, 1.807) is 0 Å². The van der Waals surface area contributed by atoms with Crippen molar-refractivity contribution in [3.8, 4) is 0 Å². The van der Waals surface area contributed by atoms with Crippen molar-refractivity contribution in [2.45, 2.75) is 85.0 Å². The molecule has 4 rings (SSSR count). The molecule has 0 heterocycles. The standard InChI is InChI=1S/C24H36O4/c1-14(7-12-19(25)26)17-10-11-18-16-9-8-15-6-4-5-13-23(15,2)20(16)21(27)22(28)24(17,18)3/h14-18,20H,4-13H2,1-3H3,(H,25,26)/t14-,15?,16+,17-,18+,20-,23+,24-/m1/s1. The quantitative estimate of drug-likeness (QED) is 0.696. The first-order chi connectivity index (χ1) is 13.2. The first-order valence-electron chi connectivity index (χ1n) is 11.5. The Balaban J connectivity index is 1.64. The van der Waals surface area contributed by atoms with Gasteiger partial charge in [0.05, 0.1) is 0 Å². The van der Waals surface area contributed by atoms with Crippen LogP contribution < -0.4 is 0 Å². The smallest absolute Gasteiger partial charge is 0.303 e. The third-order valence-corrected chi connectivity index (χ3v) is 9.78. The van der Waals surface area contributed by atoms with E-state index in [1.165, 1.54) is 25.7 Å². The number of carboxylic acids is 1. The predicted molar refractivity (Wildman–Crippen MR) is 107 cm³/mol. The van der Waals surface area contributed by atoms with Gasteiger partial charge in [0.15, 0.2) is 0 Å². The highest BCUT2D eigenvalue weighted by Crippen LogP contribution is 2.66. The molecule has 1 N–H and O–H groups in total. The molecule has 0 spiro atoms. The van der Waals surface area contributed by atoms with Gasteiger partial charge >= 0.3 is 5.97 Å². The largest absolute Gasteiger partial charge is 0.481 e. The number of carboxylic acid groups (broad SMARTS) is 1. The van der Waals surface area contributed by atoms with Crippen LogP contribution in [0.2, 0.25) is 0 Å². The number of hydrogen-bond donors (Lipinski definition) is 1. The zero-order chi connectivity index (χ0) is 20.3. The van der Waals surface area contributed by atoms with E-state index in [-0.39, 0.29) is 41.2 Å². The van der Waals surface area contributed by atoms with Crippen molar-refractivity contribution in [3.05, 3.63) is 0 Å². The van der Waals surface area contributed by atoms with Crippen LogP contribution in [0.25, 0.3) is 0 Å². The number of aliphatic carboxylic acids is 1. The first-order valence-corrected chi connectivity index (χ1v) is 11.5. The zero-order valence-corrected chi connectivity index (χ0v) is 17.7. The second kappa shape index (κ2) is 6.95. The maximum atomic E-state index is 13.6. The summed E-state index contributed by atoms with van der Waals surface area (Å²) in [6, 6.07) is 0. The fourth-order valence-corrected chi connectivity index (χ4v) is 8.35. The number of fused-ring (bicyclic) bond motifs is 5. The van der Waals surface area contributed by atoms with E-state index >= 15 is 0 Å². The Morgan fingerprint density at radius 1 is 1.11 bits per heavy atom. The van der Waals surface area contributed by atoms with Crippen LogP contribution in [-0.2, 0) is 14.4 Å². The van der Waals surface area contributed by atoms with Crippen LogP contribution in [0.4, 0.5) is 0 Å². The molecule has 0 aromatic heterocycles. The minimum absolute atomic E-state index is 0.0161. The van der Waals surface area contributed by atoms with E-state index in [9.17, 15) is 14.4 Å². The number of rotatable bonds is 4. The molecule has 0 bridgehead atoms. The third-order valence-electron chi connectivity index (χ3n) is 9.78. The maximum absolute atomic E-state index is 13.6. The van der Waals surface area contributed by atoms with E-state index in [2.05, 4.69) is 20.8 Å². The third kappa shape index (κ3) is 2.73. The van der Waals surface area contributed by atoms with E-state index in [1.807, 2.05) is 0 Å². The lowest BCUT2D eigenvalue weighted by atomic mass is 9.44. The Bertz CT molecular complexity index is 684. The van der Waals surface area contributed by atoms with Gasteiger partial charge in [-0.1, -0.05) is 33.6 Å². The first kappa shape index (κ1) is 20.1. The van der Waals surface area contributed by atoms with Gasteiger partial charge in [0.1, 0.15) is 0 Å². The molecule has 156 valence electrons. The molecule has 4 nitrogen and oxygen atoms in total. The minimum Gasteiger partial charge on any atom is -0.481 e. The second-order valence-corrected chi connectivity index (χ2v) is 10.8. The topological polar surface area (TPSA) is 71.4 Å². The zero-order valence-electron chi connectivity index (χ0n) is 17.7. The number of carbonyl (C=O) groups excluding carboxylic acids is 2. The summed E-state index contributed by atoms with van der Waals surface area (Å²) in [5.74, 6) is 0.547. The lowest BCUT2D eigenvalue weighted by Gasteiger charge is -2.58. The molecular weight excluding hydrogens is 352 g/mol. The van der Waals surface area contributed by atoms with Crippen molar-refractivity contribution in [1.29, 1.82) is 0 Å². The molecule has 4 fully saturated rings. The Morgan fingerprint density at radius 2 is 1.86 bits per heavy atom. The summed E-state index contributed by atoms with van der Waals surface area (Å²) < 4.78 is 0. The molecule has 8 atom stereocenters. The number of hydrogen-bond acceptors (Lipinski definition) is 3. The maximum Gasteiger partial charge on any atom is 0.303 e. The van der Waals surface area contributed by atoms with Crippen LogP contribution in [0.15, 0.2) is 0 Å². The average molecular weight is 389 g/mol. The summed E-state index contributed by atoms with van der Waals surface area (Å²) in [5, 5.41) is 9.07. The molecule has 28 heavy (non-hydrogen) atoms. The molecule has 0 radical (unpaired) electrons. The van der Waals surface area contributed by atoms with Gasteiger partial charge in [-0.25, -0.2) is 0 Å². The van der Waals surface area contributed by atoms with E-state index in [0.717, 1.165) is 25.7 Å². The van der Waals surface area contributed by atoms with Gasteiger partial charge < -0.3 is 5.11 Å². The molecule has 1 unspecified atom stereocenters. The van der Waals surface area contributed by atoms with Crippen molar-refractivity contribution in [3.63, 3.8) is 0 Å². The van der Waals surface area contributed by atoms with Crippen molar-refractivity contribution in [2.24, 2.45) is 46.3 Å². The number of ketones is 2. The molecule has 0 aliphatic heterocycles. The van der Waals surface area contributed by atoms with Crippen LogP contribution in [0.1, 0.15) is 85.0 Å². The molecule has 0 saturated heterocycles. The van der Waals surface area contributed by atoms with Crippen molar-refractivity contribution in [2.75, 3.05) is 0 Å². The predicted octanol–water partition coefficient (Wildman–Crippen LogP) is 4.89. The summed E-state index contributed by atoms with van der Waals surface area (Å²) in [5.41, 5.74) is -0.559. The fraction of sp³-hybridized carbons (Fsp3) is 0.875. The van der Waals surface area contributed by atoms with E-state index in [4.69, 9.17) is 5.11 Å². The van der Waals surface area contributed by atoms with Crippen LogP contribution >= 0.6 is 0 Å². The molecule has 4 aliphatic carbocycles. The van der Waals surface area contributed by atoms with E-state index < -0.39 is 11.4 Å². The highest BCUT2D eigenvalue weighted by atomic mass is 16.4. The minimum atomic E-state index is -0.777. The normalized spacial score (nSPS) is 46.5. The van der Waals surface area contributed by atoms with Crippen LogP contribution in [0.5, 0.6) is 0 Å². The molecule has 4 heteroatoms. The lowest BCUT2D eigenvalue weighted by Crippen LogP contribution is -2.61. The van der Waals surface area contributed by atoms with Gasteiger partial charge in [0.25, 0.3) is 0 Å². The van der Waals surface area contributed by atoms with Crippen LogP contribution in [-0.4, -0.2) is 22.6 Å². The molecule has 4 aliphatic rings. The van der Waals surface area contributed by atoms with Crippen molar-refractivity contribution < 1.29 is 19.5 Å². The Labute approximate surface area is 168 Å².